The van der Waals surface area contributed by atoms with Gasteiger partial charge >= 0.3 is 0 Å². The van der Waals surface area contributed by atoms with Crippen LogP contribution in [0.3, 0.4) is 0 Å². The molecule has 8 heteroatoms. The van der Waals surface area contributed by atoms with Crippen LogP contribution in [0.15, 0.2) is 143 Å². The minimum Gasteiger partial charge on any atom is -0.493 e. The van der Waals surface area contributed by atoms with E-state index in [-0.39, 0.29) is 5.41 Å². The van der Waals surface area contributed by atoms with E-state index in [1.807, 2.05) is 109 Å². The maximum absolute atomic E-state index is 6.14. The van der Waals surface area contributed by atoms with Crippen LogP contribution < -0.4 is 28.4 Å². The number of aliphatic imine (C=N–C) groups is 2. The van der Waals surface area contributed by atoms with Crippen LogP contribution in [0.1, 0.15) is 36.1 Å². The maximum Gasteiger partial charge on any atom is 0.161 e. The molecule has 0 radical (unpaired) electrons. The molecule has 0 saturated carbocycles. The topological polar surface area (TPSA) is 80.1 Å². The Balaban J connectivity index is 1.03. The fraction of sp³-hybridized carbons (Fsp3) is 0.156. The molecular weight excluding hydrogens is 665 g/mol. The van der Waals surface area contributed by atoms with E-state index in [0.29, 0.717) is 23.0 Å². The molecule has 8 nitrogen and oxygen atoms in total. The number of nitrogens with zero attached hydrogens (tertiary/aromatic N) is 2. The molecule has 268 valence electrons. The maximum atomic E-state index is 6.14. The molecular formula is C45H42N2O6. The molecule has 6 aromatic rings. The molecule has 0 amide bonds. The van der Waals surface area contributed by atoms with Crippen molar-refractivity contribution in [1.29, 1.82) is 0 Å². The Kier molecular flexibility index (Phi) is 11.4. The van der Waals surface area contributed by atoms with Crippen molar-refractivity contribution in [1.82, 2.24) is 0 Å². The first kappa shape index (κ1) is 36.3. The molecule has 0 N–H and O–H groups in total. The van der Waals surface area contributed by atoms with Gasteiger partial charge in [-0.15, -0.1) is 0 Å². The van der Waals surface area contributed by atoms with E-state index in [1.54, 1.807) is 40.9 Å². The summed E-state index contributed by atoms with van der Waals surface area (Å²) in [7, 11) is 6.46. The minimum absolute atomic E-state index is 0.238. The van der Waals surface area contributed by atoms with Crippen molar-refractivity contribution in [3.05, 3.63) is 156 Å². The molecule has 6 aromatic carbocycles. The normalized spacial score (nSPS) is 11.4. The first-order chi connectivity index (χ1) is 25.8. The van der Waals surface area contributed by atoms with E-state index in [9.17, 15) is 0 Å². The summed E-state index contributed by atoms with van der Waals surface area (Å²) >= 11 is 0. The van der Waals surface area contributed by atoms with Gasteiger partial charge in [0.25, 0.3) is 0 Å². The average molecular weight is 707 g/mol. The molecule has 0 spiro atoms. The zero-order valence-corrected chi connectivity index (χ0v) is 30.7. The summed E-state index contributed by atoms with van der Waals surface area (Å²) in [6, 6.07) is 43.1. The molecule has 0 fully saturated rings. The fourth-order valence-electron chi connectivity index (χ4n) is 5.68. The highest BCUT2D eigenvalue weighted by Crippen LogP contribution is 2.35. The number of hydrogen-bond acceptors (Lipinski definition) is 8. The summed E-state index contributed by atoms with van der Waals surface area (Å²) < 4.78 is 33.7. The van der Waals surface area contributed by atoms with Crippen molar-refractivity contribution in [2.75, 3.05) is 28.4 Å². The molecule has 0 heterocycles. The zero-order chi connectivity index (χ0) is 37.2. The quantitative estimate of drug-likeness (QED) is 0.105. The number of benzene rings is 6. The first-order valence-corrected chi connectivity index (χ1v) is 17.1. The van der Waals surface area contributed by atoms with E-state index < -0.39 is 0 Å². The van der Waals surface area contributed by atoms with Gasteiger partial charge in [-0.25, -0.2) is 0 Å². The molecule has 0 unspecified atom stereocenters. The van der Waals surface area contributed by atoms with E-state index in [2.05, 4.69) is 48.1 Å². The van der Waals surface area contributed by atoms with Gasteiger partial charge in [-0.3, -0.25) is 9.98 Å². The van der Waals surface area contributed by atoms with Gasteiger partial charge in [0.1, 0.15) is 23.0 Å². The third-order valence-corrected chi connectivity index (χ3v) is 8.84. The molecule has 0 aliphatic carbocycles. The zero-order valence-electron chi connectivity index (χ0n) is 30.7. The van der Waals surface area contributed by atoms with Gasteiger partial charge < -0.3 is 28.4 Å². The van der Waals surface area contributed by atoms with Crippen LogP contribution in [0.5, 0.6) is 46.0 Å². The molecule has 53 heavy (non-hydrogen) atoms. The van der Waals surface area contributed by atoms with Gasteiger partial charge in [0.15, 0.2) is 23.0 Å². The smallest absolute Gasteiger partial charge is 0.161 e. The highest BCUT2D eigenvalue weighted by Gasteiger charge is 2.23. The molecule has 0 aliphatic heterocycles. The monoisotopic (exact) mass is 706 g/mol. The van der Waals surface area contributed by atoms with Crippen LogP contribution in [0, 0.1) is 0 Å². The van der Waals surface area contributed by atoms with Crippen molar-refractivity contribution < 1.29 is 28.4 Å². The van der Waals surface area contributed by atoms with Gasteiger partial charge in [-0.05, 0) is 131 Å². The van der Waals surface area contributed by atoms with Crippen molar-refractivity contribution in [3.63, 3.8) is 0 Å². The molecule has 0 bridgehead atoms. The summed E-state index contributed by atoms with van der Waals surface area (Å²) in [4.78, 5) is 9.16. The Labute approximate surface area is 310 Å². The Hall–Kier alpha value is -6.54. The van der Waals surface area contributed by atoms with Gasteiger partial charge in [0.05, 0.1) is 39.8 Å². The van der Waals surface area contributed by atoms with Gasteiger partial charge in [0.2, 0.25) is 0 Å². The summed E-state index contributed by atoms with van der Waals surface area (Å²) in [6.07, 6.45) is 3.58. The Morgan fingerprint density at radius 3 is 1.04 bits per heavy atom. The molecule has 0 aromatic heterocycles. The van der Waals surface area contributed by atoms with Gasteiger partial charge in [-0.2, -0.15) is 0 Å². The molecule has 0 aliphatic rings. The SMILES string of the molecule is COc1ccc(C=Nc2ccc(Oc3ccc(C(C)(C)c4ccc(Oc5ccc(N=Cc6ccc(OC)c(OC)c6)cc5)cc4)cc3)cc2)cc1OC. The lowest BCUT2D eigenvalue weighted by atomic mass is 9.78. The third-order valence-electron chi connectivity index (χ3n) is 8.84. The largest absolute Gasteiger partial charge is 0.493 e. The van der Waals surface area contributed by atoms with Crippen LogP contribution in [0.25, 0.3) is 0 Å². The third kappa shape index (κ3) is 9.04. The summed E-state index contributed by atoms with van der Waals surface area (Å²) in [5, 5.41) is 0. The van der Waals surface area contributed by atoms with E-state index in [0.717, 1.165) is 45.5 Å². The first-order valence-electron chi connectivity index (χ1n) is 17.1. The number of hydrogen-bond donors (Lipinski definition) is 0. The molecule has 0 atom stereocenters. The Morgan fingerprint density at radius 2 is 0.717 bits per heavy atom. The number of rotatable bonds is 14. The second-order valence-electron chi connectivity index (χ2n) is 12.6. The fourth-order valence-corrected chi connectivity index (χ4v) is 5.68. The van der Waals surface area contributed by atoms with Crippen LogP contribution in [0.4, 0.5) is 11.4 Å². The van der Waals surface area contributed by atoms with Crippen molar-refractivity contribution >= 4 is 23.8 Å². The molecule has 6 rings (SSSR count). The van der Waals surface area contributed by atoms with Crippen molar-refractivity contribution in [2.24, 2.45) is 9.98 Å². The average Bonchev–Trinajstić information content (AvgIpc) is 3.20. The van der Waals surface area contributed by atoms with E-state index in [1.165, 1.54) is 11.1 Å². The Bertz CT molecular complexity index is 2020. The predicted octanol–water partition coefficient (Wildman–Crippen LogP) is 11.1. The lowest BCUT2D eigenvalue weighted by Gasteiger charge is -2.26. The minimum atomic E-state index is -0.238. The second kappa shape index (κ2) is 16.7. The number of ether oxygens (including phenoxy) is 6. The van der Waals surface area contributed by atoms with Gasteiger partial charge in [0, 0.05) is 17.8 Å². The molecule has 0 saturated heterocycles. The van der Waals surface area contributed by atoms with Crippen molar-refractivity contribution in [2.45, 2.75) is 19.3 Å². The van der Waals surface area contributed by atoms with E-state index >= 15 is 0 Å². The highest BCUT2D eigenvalue weighted by molar-refractivity contribution is 5.84. The Morgan fingerprint density at radius 1 is 0.396 bits per heavy atom. The summed E-state index contributed by atoms with van der Waals surface area (Å²) in [5.41, 5.74) is 5.54. The predicted molar refractivity (Wildman–Crippen MR) is 212 cm³/mol. The number of methoxy groups -OCH3 is 4. The second-order valence-corrected chi connectivity index (χ2v) is 12.6. The summed E-state index contributed by atoms with van der Waals surface area (Å²) in [6.45, 7) is 4.42. The summed E-state index contributed by atoms with van der Waals surface area (Å²) in [5.74, 6) is 5.65. The lowest BCUT2D eigenvalue weighted by Crippen LogP contribution is -2.18. The standard InChI is InChI=1S/C45H42N2O6/c1-45(2,33-9-17-37(18-10-33)52-39-21-13-35(14-22-39)46-29-31-7-25-41(48-3)43(27-31)50-5)34-11-19-38(20-12-34)53-40-23-15-36(16-24-40)47-30-32-8-26-42(49-4)44(28-32)51-6/h7-30H,1-6H3. The van der Waals surface area contributed by atoms with Gasteiger partial charge in [-0.1, -0.05) is 38.1 Å². The van der Waals surface area contributed by atoms with E-state index in [4.69, 9.17) is 28.4 Å². The lowest BCUT2D eigenvalue weighted by molar-refractivity contribution is 0.355. The van der Waals surface area contributed by atoms with Crippen LogP contribution in [0.2, 0.25) is 0 Å². The highest BCUT2D eigenvalue weighted by atomic mass is 16.5. The van der Waals surface area contributed by atoms with Crippen molar-refractivity contribution in [3.8, 4) is 46.0 Å². The van der Waals surface area contributed by atoms with Crippen LogP contribution in [-0.4, -0.2) is 40.9 Å². The van der Waals surface area contributed by atoms with Crippen LogP contribution >= 0.6 is 0 Å². The van der Waals surface area contributed by atoms with Crippen LogP contribution in [-0.2, 0) is 5.41 Å².